The van der Waals surface area contributed by atoms with Gasteiger partial charge >= 0.3 is 6.03 Å². The summed E-state index contributed by atoms with van der Waals surface area (Å²) in [4.78, 5) is 36.8. The second-order valence-corrected chi connectivity index (χ2v) is 10.3. The number of anilines is 1. The molecule has 5 heterocycles. The summed E-state index contributed by atoms with van der Waals surface area (Å²) in [6, 6.07) is 0.331. The fourth-order valence-electron chi connectivity index (χ4n) is 5.53. The molecule has 0 saturated carbocycles. The van der Waals surface area contributed by atoms with Crippen LogP contribution in [0.2, 0.25) is 0 Å². The second-order valence-electron chi connectivity index (χ2n) is 10.3. The first-order valence-corrected chi connectivity index (χ1v) is 12.6. The van der Waals surface area contributed by atoms with Crippen molar-refractivity contribution >= 4 is 17.8 Å². The van der Waals surface area contributed by atoms with Gasteiger partial charge in [0.15, 0.2) is 5.82 Å². The first-order chi connectivity index (χ1) is 16.8. The van der Waals surface area contributed by atoms with E-state index in [-0.39, 0.29) is 31.4 Å². The van der Waals surface area contributed by atoms with E-state index < -0.39 is 0 Å². The number of nitrogens with one attached hydrogen (secondary N) is 2. The molecular formula is C25H40N8O3. The van der Waals surface area contributed by atoms with Gasteiger partial charge in [-0.05, 0) is 39.5 Å². The molecule has 3 aliphatic heterocycles. The summed E-state index contributed by atoms with van der Waals surface area (Å²) in [5.74, 6) is 0.817. The van der Waals surface area contributed by atoms with E-state index in [1.807, 2.05) is 23.8 Å². The number of aromatic nitrogens is 4. The second kappa shape index (κ2) is 10.6. The fourth-order valence-corrected chi connectivity index (χ4v) is 5.53. The van der Waals surface area contributed by atoms with E-state index in [1.54, 1.807) is 17.1 Å². The maximum absolute atomic E-state index is 13.7. The zero-order chi connectivity index (χ0) is 24.7. The highest BCUT2D eigenvalue weighted by molar-refractivity contribution is 6.02. The lowest BCUT2D eigenvalue weighted by Gasteiger charge is -2.46. The third-order valence-corrected chi connectivity index (χ3v) is 7.72. The lowest BCUT2D eigenvalue weighted by atomic mass is 9.97. The molecule has 36 heavy (non-hydrogen) atoms. The molecule has 3 amide bonds. The monoisotopic (exact) mass is 500 g/mol. The molecule has 11 heteroatoms. The molecule has 0 radical (unpaired) electrons. The van der Waals surface area contributed by atoms with Crippen LogP contribution in [0, 0.1) is 5.92 Å². The first kappa shape index (κ1) is 26.2. The quantitative estimate of drug-likeness (QED) is 0.668. The number of imidazole rings is 1. The van der Waals surface area contributed by atoms with E-state index in [9.17, 15) is 9.59 Å². The largest absolute Gasteiger partial charge is 0.381 e. The van der Waals surface area contributed by atoms with Crippen LogP contribution in [0.25, 0.3) is 0 Å². The number of carbonyl (C=O) groups is 2. The van der Waals surface area contributed by atoms with E-state index in [4.69, 9.17) is 4.74 Å². The number of rotatable bonds is 4. The van der Waals surface area contributed by atoms with Gasteiger partial charge in [0.25, 0.3) is 5.91 Å². The molecule has 0 aliphatic carbocycles. The molecular weight excluding hydrogens is 460 g/mol. The SMILES string of the molecule is C.CC1c2[nH]nc(NC(=O)c3cn(C)cn3)c2CN1C(=O)N1C[C@@H](C)N(CC2CCOCC2)C[C@@H]1C. The van der Waals surface area contributed by atoms with Gasteiger partial charge in [0.05, 0.1) is 24.6 Å². The summed E-state index contributed by atoms with van der Waals surface area (Å²) in [5.41, 5.74) is 2.05. The van der Waals surface area contributed by atoms with Crippen molar-refractivity contribution in [2.24, 2.45) is 13.0 Å². The minimum Gasteiger partial charge on any atom is -0.381 e. The van der Waals surface area contributed by atoms with Crippen molar-refractivity contribution in [1.82, 2.24) is 34.4 Å². The summed E-state index contributed by atoms with van der Waals surface area (Å²) in [7, 11) is 1.81. The lowest BCUT2D eigenvalue weighted by Crippen LogP contribution is -2.60. The Kier molecular flexibility index (Phi) is 7.70. The predicted molar refractivity (Wildman–Crippen MR) is 137 cm³/mol. The number of ether oxygens (including phenoxy) is 1. The molecule has 2 saturated heterocycles. The summed E-state index contributed by atoms with van der Waals surface area (Å²) in [5, 5.41) is 10.2. The first-order valence-electron chi connectivity index (χ1n) is 12.6. The molecule has 2 aromatic rings. The lowest BCUT2D eigenvalue weighted by molar-refractivity contribution is 0.0127. The van der Waals surface area contributed by atoms with Crippen LogP contribution < -0.4 is 5.32 Å². The average Bonchev–Trinajstić information content (AvgIpc) is 3.53. The van der Waals surface area contributed by atoms with Crippen LogP contribution in [-0.2, 0) is 18.3 Å². The maximum Gasteiger partial charge on any atom is 0.321 e. The molecule has 0 spiro atoms. The minimum atomic E-state index is -0.319. The molecule has 3 aliphatic rings. The van der Waals surface area contributed by atoms with Crippen molar-refractivity contribution in [3.8, 4) is 0 Å². The van der Waals surface area contributed by atoms with Gasteiger partial charge in [-0.15, -0.1) is 0 Å². The molecule has 2 N–H and O–H groups in total. The number of hydrogen-bond acceptors (Lipinski definition) is 6. The van der Waals surface area contributed by atoms with Crippen molar-refractivity contribution in [1.29, 1.82) is 0 Å². The van der Waals surface area contributed by atoms with Crippen LogP contribution in [0.3, 0.4) is 0 Å². The number of fused-ring (bicyclic) bond motifs is 1. The van der Waals surface area contributed by atoms with Crippen molar-refractivity contribution < 1.29 is 14.3 Å². The molecule has 1 unspecified atom stereocenters. The Bertz CT molecular complexity index is 1080. The average molecular weight is 501 g/mol. The van der Waals surface area contributed by atoms with Crippen LogP contribution in [0.4, 0.5) is 10.6 Å². The summed E-state index contributed by atoms with van der Waals surface area (Å²) in [6.45, 7) is 11.2. The molecule has 2 aromatic heterocycles. The fraction of sp³-hybridized carbons (Fsp3) is 0.680. The third kappa shape index (κ3) is 4.99. The normalized spacial score (nSPS) is 24.9. The zero-order valence-corrected chi connectivity index (χ0v) is 21.0. The number of aromatic amines is 1. The van der Waals surface area contributed by atoms with E-state index in [0.717, 1.165) is 50.4 Å². The number of H-pyrrole nitrogens is 1. The molecule has 3 atom stereocenters. The highest BCUT2D eigenvalue weighted by Gasteiger charge is 2.41. The van der Waals surface area contributed by atoms with E-state index in [1.165, 1.54) is 0 Å². The maximum atomic E-state index is 13.7. The number of aryl methyl sites for hydroxylation is 1. The van der Waals surface area contributed by atoms with Crippen LogP contribution in [0.5, 0.6) is 0 Å². The Morgan fingerprint density at radius 2 is 1.89 bits per heavy atom. The Hall–Kier alpha value is -2.92. The van der Waals surface area contributed by atoms with Gasteiger partial charge in [-0.25, -0.2) is 9.78 Å². The number of piperazine rings is 1. The van der Waals surface area contributed by atoms with Gasteiger partial charge in [-0.1, -0.05) is 7.43 Å². The molecule has 0 bridgehead atoms. The van der Waals surface area contributed by atoms with Crippen LogP contribution in [-0.4, -0.2) is 91.3 Å². The summed E-state index contributed by atoms with van der Waals surface area (Å²) in [6.07, 6.45) is 5.48. The van der Waals surface area contributed by atoms with Crippen molar-refractivity contribution in [2.75, 3.05) is 38.2 Å². The van der Waals surface area contributed by atoms with E-state index in [2.05, 4.69) is 39.2 Å². The molecule has 0 aromatic carbocycles. The predicted octanol–water partition coefficient (Wildman–Crippen LogP) is 2.85. The number of nitrogens with zero attached hydrogens (tertiary/aromatic N) is 6. The Labute approximate surface area is 213 Å². The highest BCUT2D eigenvalue weighted by atomic mass is 16.5. The zero-order valence-electron chi connectivity index (χ0n) is 21.0. The molecule has 2 fully saturated rings. The Balaban J connectivity index is 0.00000304. The van der Waals surface area contributed by atoms with Crippen molar-refractivity contribution in [2.45, 2.75) is 65.7 Å². The van der Waals surface area contributed by atoms with Gasteiger partial charge in [-0.3, -0.25) is 14.8 Å². The summed E-state index contributed by atoms with van der Waals surface area (Å²) < 4.78 is 7.23. The Morgan fingerprint density at radius 1 is 1.14 bits per heavy atom. The molecule has 198 valence electrons. The molecule has 11 nitrogen and oxygen atoms in total. The number of carbonyl (C=O) groups excluding carboxylic acids is 2. The number of hydrogen-bond donors (Lipinski definition) is 2. The van der Waals surface area contributed by atoms with Gasteiger partial charge < -0.3 is 24.4 Å². The van der Waals surface area contributed by atoms with Crippen LogP contribution in [0.1, 0.15) is 68.8 Å². The molecule has 5 rings (SSSR count). The highest BCUT2D eigenvalue weighted by Crippen LogP contribution is 2.37. The van der Waals surface area contributed by atoms with Gasteiger partial charge in [-0.2, -0.15) is 5.10 Å². The smallest absolute Gasteiger partial charge is 0.321 e. The number of amides is 3. The third-order valence-electron chi connectivity index (χ3n) is 7.72. The topological polar surface area (TPSA) is 112 Å². The van der Waals surface area contributed by atoms with Crippen molar-refractivity contribution in [3.05, 3.63) is 29.5 Å². The standard InChI is InChI=1S/C24H36N8O3.CH4/c1-15-10-31(16(2)9-30(15)11-18-5-7-35-8-6-18)24(34)32-12-19-21(17(32)3)27-28-22(19)26-23(33)20-13-29(4)14-25-20;/h13-18H,5-12H2,1-4H3,(H2,26,27,28,33);1H4/t15-,16+,17?;/m1./s1. The van der Waals surface area contributed by atoms with E-state index >= 15 is 0 Å². The van der Waals surface area contributed by atoms with Crippen molar-refractivity contribution in [3.63, 3.8) is 0 Å². The van der Waals surface area contributed by atoms with Crippen LogP contribution in [0.15, 0.2) is 12.5 Å². The Morgan fingerprint density at radius 3 is 2.58 bits per heavy atom. The number of urea groups is 1. The minimum absolute atomic E-state index is 0. The van der Waals surface area contributed by atoms with Gasteiger partial charge in [0.1, 0.15) is 5.69 Å². The van der Waals surface area contributed by atoms with Gasteiger partial charge in [0, 0.05) is 63.7 Å². The summed E-state index contributed by atoms with van der Waals surface area (Å²) >= 11 is 0. The van der Waals surface area contributed by atoms with E-state index in [0.29, 0.717) is 36.6 Å². The van der Waals surface area contributed by atoms with Gasteiger partial charge in [0.2, 0.25) is 0 Å². The van der Waals surface area contributed by atoms with Crippen LogP contribution >= 0.6 is 0 Å².